The minimum atomic E-state index is 0.406. The summed E-state index contributed by atoms with van der Waals surface area (Å²) in [6.45, 7) is 4.05. The Labute approximate surface area is 102 Å². The molecule has 1 aromatic heterocycles. The number of nitrogens with zero attached hydrogens (tertiary/aromatic N) is 1. The Kier molecular flexibility index (Phi) is 4.19. The van der Waals surface area contributed by atoms with Crippen LogP contribution in [0.4, 0.5) is 0 Å². The summed E-state index contributed by atoms with van der Waals surface area (Å²) in [6, 6.07) is 4.09. The van der Waals surface area contributed by atoms with E-state index in [1.807, 2.05) is 12.3 Å². The van der Waals surface area contributed by atoms with E-state index >= 15 is 0 Å². The van der Waals surface area contributed by atoms with Crippen molar-refractivity contribution in [1.82, 2.24) is 10.3 Å². The highest BCUT2D eigenvalue weighted by Crippen LogP contribution is 2.28. The average molecular weight is 239 g/mol. The molecule has 0 bridgehead atoms. The van der Waals surface area contributed by atoms with Crippen molar-refractivity contribution in [1.29, 1.82) is 0 Å². The molecule has 2 atom stereocenters. The van der Waals surface area contributed by atoms with Crippen LogP contribution < -0.4 is 5.32 Å². The van der Waals surface area contributed by atoms with Gasteiger partial charge in [-0.3, -0.25) is 4.98 Å². The number of hydrogen-bond acceptors (Lipinski definition) is 2. The second kappa shape index (κ2) is 5.65. The first kappa shape index (κ1) is 11.9. The molecule has 1 N–H and O–H groups in total. The lowest BCUT2D eigenvalue weighted by Gasteiger charge is -2.11. The van der Waals surface area contributed by atoms with E-state index in [0.29, 0.717) is 5.38 Å². The Hall–Kier alpha value is -0.600. The quantitative estimate of drug-likeness (QED) is 0.816. The molecule has 2 nitrogen and oxygen atoms in total. The second-order valence-electron chi connectivity index (χ2n) is 4.67. The maximum absolute atomic E-state index is 6.09. The lowest BCUT2D eigenvalue weighted by Crippen LogP contribution is -2.22. The number of aromatic nitrogens is 1. The fraction of sp³-hybridized carbons (Fsp3) is 0.615. The van der Waals surface area contributed by atoms with E-state index in [-0.39, 0.29) is 0 Å². The van der Waals surface area contributed by atoms with E-state index < -0.39 is 0 Å². The van der Waals surface area contributed by atoms with Gasteiger partial charge in [-0.1, -0.05) is 6.07 Å². The van der Waals surface area contributed by atoms with Crippen molar-refractivity contribution in [2.75, 3.05) is 6.54 Å². The maximum Gasteiger partial charge on any atom is 0.0570 e. The van der Waals surface area contributed by atoms with Crippen LogP contribution in [0.15, 0.2) is 18.3 Å². The minimum Gasteiger partial charge on any atom is -0.311 e. The zero-order chi connectivity index (χ0) is 11.4. The third-order valence-corrected chi connectivity index (χ3v) is 3.72. The van der Waals surface area contributed by atoms with Crippen LogP contribution in [0.2, 0.25) is 0 Å². The molecule has 0 spiro atoms. The lowest BCUT2D eigenvalue weighted by atomic mass is 10.1. The number of pyridine rings is 1. The SMILES string of the molecule is Cc1cccnc1CNCC1CCC(Cl)C1. The molecule has 0 radical (unpaired) electrons. The molecule has 88 valence electrons. The summed E-state index contributed by atoms with van der Waals surface area (Å²) >= 11 is 6.09. The Morgan fingerprint density at radius 1 is 1.50 bits per heavy atom. The molecule has 1 aromatic rings. The summed E-state index contributed by atoms with van der Waals surface area (Å²) in [4.78, 5) is 4.37. The van der Waals surface area contributed by atoms with Gasteiger partial charge in [-0.15, -0.1) is 11.6 Å². The molecule has 1 aliphatic carbocycles. The van der Waals surface area contributed by atoms with Gasteiger partial charge in [0.2, 0.25) is 0 Å². The third kappa shape index (κ3) is 3.19. The van der Waals surface area contributed by atoms with E-state index in [2.05, 4.69) is 23.3 Å². The summed E-state index contributed by atoms with van der Waals surface area (Å²) in [5.41, 5.74) is 2.42. The molecule has 1 aliphatic rings. The molecule has 0 amide bonds. The van der Waals surface area contributed by atoms with Gasteiger partial charge < -0.3 is 5.32 Å². The Bertz CT molecular complexity index is 340. The molecule has 1 heterocycles. The van der Waals surface area contributed by atoms with Crippen molar-refractivity contribution in [3.8, 4) is 0 Å². The molecule has 0 aliphatic heterocycles. The molecular weight excluding hydrogens is 220 g/mol. The number of hydrogen-bond donors (Lipinski definition) is 1. The van der Waals surface area contributed by atoms with Crippen molar-refractivity contribution < 1.29 is 0 Å². The molecule has 1 saturated carbocycles. The summed E-state index contributed by atoms with van der Waals surface area (Å²) in [5, 5.41) is 3.89. The van der Waals surface area contributed by atoms with E-state index in [1.54, 1.807) is 0 Å². The topological polar surface area (TPSA) is 24.9 Å². The molecular formula is C13H19ClN2. The molecule has 0 aromatic carbocycles. The Morgan fingerprint density at radius 2 is 2.38 bits per heavy atom. The molecule has 1 fully saturated rings. The van der Waals surface area contributed by atoms with Crippen LogP contribution in [-0.2, 0) is 6.54 Å². The third-order valence-electron chi connectivity index (χ3n) is 3.32. The highest BCUT2D eigenvalue weighted by molar-refractivity contribution is 6.20. The predicted octanol–water partition coefficient (Wildman–Crippen LogP) is 2.89. The van der Waals surface area contributed by atoms with Crippen LogP contribution in [0.3, 0.4) is 0 Å². The Balaban J connectivity index is 1.74. The van der Waals surface area contributed by atoms with Crippen molar-refractivity contribution in [3.05, 3.63) is 29.6 Å². The van der Waals surface area contributed by atoms with Crippen molar-refractivity contribution >= 4 is 11.6 Å². The molecule has 2 rings (SSSR count). The van der Waals surface area contributed by atoms with Crippen molar-refractivity contribution in [2.24, 2.45) is 5.92 Å². The smallest absolute Gasteiger partial charge is 0.0570 e. The van der Waals surface area contributed by atoms with Gasteiger partial charge in [0.05, 0.1) is 5.69 Å². The second-order valence-corrected chi connectivity index (χ2v) is 5.29. The van der Waals surface area contributed by atoms with Crippen LogP contribution in [-0.4, -0.2) is 16.9 Å². The first-order valence-electron chi connectivity index (χ1n) is 6.01. The van der Waals surface area contributed by atoms with E-state index in [1.165, 1.54) is 18.4 Å². The fourth-order valence-corrected chi connectivity index (χ4v) is 2.68. The highest BCUT2D eigenvalue weighted by Gasteiger charge is 2.22. The zero-order valence-corrected chi connectivity index (χ0v) is 10.5. The minimum absolute atomic E-state index is 0.406. The normalized spacial score (nSPS) is 24.9. The number of aryl methyl sites for hydroxylation is 1. The van der Waals surface area contributed by atoms with Gasteiger partial charge in [0.1, 0.15) is 0 Å². The number of nitrogens with one attached hydrogen (secondary N) is 1. The summed E-state index contributed by atoms with van der Waals surface area (Å²) in [5.74, 6) is 0.756. The summed E-state index contributed by atoms with van der Waals surface area (Å²) in [7, 11) is 0. The van der Waals surface area contributed by atoms with Crippen LogP contribution in [0.5, 0.6) is 0 Å². The van der Waals surface area contributed by atoms with E-state index in [4.69, 9.17) is 11.6 Å². The van der Waals surface area contributed by atoms with Gasteiger partial charge in [-0.05, 0) is 50.3 Å². The van der Waals surface area contributed by atoms with Gasteiger partial charge in [0, 0.05) is 18.1 Å². The molecule has 16 heavy (non-hydrogen) atoms. The summed E-state index contributed by atoms with van der Waals surface area (Å²) in [6.07, 6.45) is 5.46. The maximum atomic E-state index is 6.09. The number of alkyl halides is 1. The first-order valence-corrected chi connectivity index (χ1v) is 6.44. The van der Waals surface area contributed by atoms with Gasteiger partial charge in [-0.2, -0.15) is 0 Å². The van der Waals surface area contributed by atoms with Gasteiger partial charge in [0.15, 0.2) is 0 Å². The molecule has 0 saturated heterocycles. The highest BCUT2D eigenvalue weighted by atomic mass is 35.5. The molecule has 3 heteroatoms. The standard InChI is InChI=1S/C13H19ClN2/c1-10-3-2-6-16-13(10)9-15-8-11-4-5-12(14)7-11/h2-3,6,11-12,15H,4-5,7-9H2,1H3. The lowest BCUT2D eigenvalue weighted by molar-refractivity contribution is 0.487. The van der Waals surface area contributed by atoms with E-state index in [0.717, 1.165) is 31.1 Å². The van der Waals surface area contributed by atoms with Gasteiger partial charge >= 0.3 is 0 Å². The zero-order valence-electron chi connectivity index (χ0n) is 9.75. The van der Waals surface area contributed by atoms with Crippen LogP contribution in [0.25, 0.3) is 0 Å². The van der Waals surface area contributed by atoms with E-state index in [9.17, 15) is 0 Å². The van der Waals surface area contributed by atoms with Crippen LogP contribution >= 0.6 is 11.6 Å². The fourth-order valence-electron chi connectivity index (χ4n) is 2.30. The average Bonchev–Trinajstić information content (AvgIpc) is 2.67. The van der Waals surface area contributed by atoms with Crippen LogP contribution in [0, 0.1) is 12.8 Å². The van der Waals surface area contributed by atoms with Crippen molar-refractivity contribution in [3.63, 3.8) is 0 Å². The predicted molar refractivity (Wildman–Crippen MR) is 67.7 cm³/mol. The molecule has 2 unspecified atom stereocenters. The first-order chi connectivity index (χ1) is 7.75. The monoisotopic (exact) mass is 238 g/mol. The number of halogens is 1. The van der Waals surface area contributed by atoms with Gasteiger partial charge in [0.25, 0.3) is 0 Å². The van der Waals surface area contributed by atoms with Gasteiger partial charge in [-0.25, -0.2) is 0 Å². The van der Waals surface area contributed by atoms with Crippen LogP contribution in [0.1, 0.15) is 30.5 Å². The Morgan fingerprint density at radius 3 is 3.06 bits per heavy atom. The van der Waals surface area contributed by atoms with Crippen molar-refractivity contribution in [2.45, 2.75) is 38.1 Å². The number of rotatable bonds is 4. The summed E-state index contributed by atoms with van der Waals surface area (Å²) < 4.78 is 0. The largest absolute Gasteiger partial charge is 0.311 e.